The molecule has 614 valence electrons. The van der Waals surface area contributed by atoms with E-state index in [4.69, 9.17) is 30.9 Å². The summed E-state index contributed by atoms with van der Waals surface area (Å²) in [6.07, 6.45) is -4.54. The molecule has 2 aromatic carbocycles. The maximum Gasteiger partial charge on any atom is 0.416 e. The van der Waals surface area contributed by atoms with Crippen LogP contribution in [0.4, 0.5) is 83.8 Å². The van der Waals surface area contributed by atoms with Gasteiger partial charge in [-0.25, -0.2) is 39.1 Å². The number of β-amino-alcohol motifs (C(OH)–C–C–N with tert-alkyl or cyclic N) is 1. The molecule has 111 heavy (non-hydrogen) atoms. The number of likely N-dealkylation sites (tertiary alicyclic amines) is 3. The number of halogens is 14. The van der Waals surface area contributed by atoms with Crippen LogP contribution in [-0.2, 0) is 70.8 Å². The number of aliphatic hydroxyl groups is 1. The van der Waals surface area contributed by atoms with E-state index in [0.717, 1.165) is 49.2 Å². The summed E-state index contributed by atoms with van der Waals surface area (Å²) in [5, 5.41) is 23.1. The molecule has 24 nitrogen and oxygen atoms in total. The summed E-state index contributed by atoms with van der Waals surface area (Å²) in [7, 11) is 3.52. The lowest BCUT2D eigenvalue weighted by Gasteiger charge is -2.48. The minimum absolute atomic E-state index is 0. The summed E-state index contributed by atoms with van der Waals surface area (Å²) < 4.78 is 188. The third-order valence-electron chi connectivity index (χ3n) is 18.6. The predicted molar refractivity (Wildman–Crippen MR) is 389 cm³/mol. The van der Waals surface area contributed by atoms with Crippen LogP contribution in [0.1, 0.15) is 154 Å². The second kappa shape index (κ2) is 37.4. The third-order valence-corrected chi connectivity index (χ3v) is 18.7. The second-order valence-corrected chi connectivity index (χ2v) is 30.0. The zero-order valence-corrected chi connectivity index (χ0v) is 65.0. The number of amides is 3. The monoisotopic (exact) mass is 1620 g/mol. The normalized spacial score (nSPS) is 19.9. The Morgan fingerprint density at radius 1 is 0.505 bits per heavy atom. The van der Waals surface area contributed by atoms with Gasteiger partial charge in [0.2, 0.25) is 11.9 Å². The number of aromatic nitrogens is 8. The van der Waals surface area contributed by atoms with Crippen LogP contribution in [-0.4, -0.2) is 188 Å². The van der Waals surface area contributed by atoms with Gasteiger partial charge >= 0.3 is 48.4 Å². The van der Waals surface area contributed by atoms with Crippen molar-refractivity contribution in [3.05, 3.63) is 119 Å². The van der Waals surface area contributed by atoms with Crippen molar-refractivity contribution >= 4 is 59.6 Å². The molecule has 0 spiro atoms. The Morgan fingerprint density at radius 3 is 1.11 bits per heavy atom. The lowest BCUT2D eigenvalue weighted by Crippen LogP contribution is -2.60. The number of piperidine rings is 2. The summed E-state index contributed by atoms with van der Waals surface area (Å²) in [5.74, 6) is 0.362. The number of hydrogen-bond acceptors (Lipinski definition) is 19. The predicted octanol–water partition coefficient (Wildman–Crippen LogP) is 15.3. The van der Waals surface area contributed by atoms with Crippen LogP contribution in [0.2, 0.25) is 0 Å². The Balaban J connectivity index is 0.000000251. The average Bonchev–Trinajstić information content (AvgIpc) is 0.940. The summed E-state index contributed by atoms with van der Waals surface area (Å²) in [5.41, 5.74) is -5.02. The Labute approximate surface area is 646 Å². The van der Waals surface area contributed by atoms with E-state index in [1.54, 1.807) is 117 Å². The van der Waals surface area contributed by atoms with E-state index >= 15 is 0 Å². The van der Waals surface area contributed by atoms with E-state index in [-0.39, 0.29) is 116 Å². The number of nitrogens with zero attached hydrogens (tertiary/aromatic N) is 13. The van der Waals surface area contributed by atoms with Crippen molar-refractivity contribution in [1.82, 2.24) is 64.8 Å². The highest BCUT2D eigenvalue weighted by atomic mass is 35.5. The Kier molecular flexibility index (Phi) is 30.3. The first-order valence-electron chi connectivity index (χ1n) is 36.0. The van der Waals surface area contributed by atoms with Crippen molar-refractivity contribution < 1.29 is 95.9 Å². The highest BCUT2D eigenvalue weighted by Crippen LogP contribution is 2.41. The molecule has 38 heteroatoms. The van der Waals surface area contributed by atoms with Crippen molar-refractivity contribution in [2.24, 2.45) is 14.1 Å². The lowest BCUT2D eigenvalue weighted by molar-refractivity contribution is -0.144. The fourth-order valence-electron chi connectivity index (χ4n) is 12.9. The van der Waals surface area contributed by atoms with E-state index in [2.05, 4.69) is 45.5 Å². The number of nitrogens with one attached hydrogen (secondary N) is 2. The molecular weight excluding hydrogens is 1530 g/mol. The van der Waals surface area contributed by atoms with Crippen LogP contribution in [0.5, 0.6) is 0 Å². The molecule has 2 unspecified atom stereocenters. The number of aryl methyl sites for hydroxylation is 2. The molecule has 6 aromatic rings. The first kappa shape index (κ1) is 89.7. The molecule has 5 fully saturated rings. The molecule has 9 heterocycles. The van der Waals surface area contributed by atoms with Gasteiger partial charge in [0.25, 0.3) is 0 Å². The van der Waals surface area contributed by atoms with Gasteiger partial charge in [0.05, 0.1) is 66.9 Å². The minimum atomic E-state index is -5.01. The number of benzene rings is 2. The quantitative estimate of drug-likeness (QED) is 0.0462. The zero-order valence-electron chi connectivity index (χ0n) is 63.4. The highest BCUT2D eigenvalue weighted by molar-refractivity contribution is 6.61. The zero-order chi connectivity index (χ0) is 81.2. The van der Waals surface area contributed by atoms with E-state index in [0.29, 0.717) is 74.9 Å². The van der Waals surface area contributed by atoms with Gasteiger partial charge in [0.1, 0.15) is 23.4 Å². The van der Waals surface area contributed by atoms with Gasteiger partial charge in [-0.1, -0.05) is 27.7 Å². The number of ether oxygens (including phenoxy) is 4. The largest absolute Gasteiger partial charge is 0.447 e. The number of carbonyl (C=O) groups excluding carboxylic acids is 4. The van der Waals surface area contributed by atoms with Crippen LogP contribution in [0, 0.1) is 0 Å². The van der Waals surface area contributed by atoms with Gasteiger partial charge in [0, 0.05) is 148 Å². The van der Waals surface area contributed by atoms with Gasteiger partial charge in [-0.05, 0) is 140 Å². The molecular formula is C73H95Cl2F12N15O9. The van der Waals surface area contributed by atoms with E-state index in [1.807, 2.05) is 27.7 Å². The molecule has 5 saturated heterocycles. The van der Waals surface area contributed by atoms with Gasteiger partial charge in [-0.2, -0.15) is 62.9 Å². The molecule has 0 radical (unpaired) electrons. The maximum atomic E-state index is 13.8. The first-order chi connectivity index (χ1) is 51.3. The maximum absolute atomic E-state index is 13.8. The minimum Gasteiger partial charge on any atom is -0.447 e. The van der Waals surface area contributed by atoms with Crippen LogP contribution in [0.15, 0.2) is 86.0 Å². The fourth-order valence-corrected chi connectivity index (χ4v) is 13.0. The number of rotatable bonds is 16. The van der Waals surface area contributed by atoms with Crippen molar-refractivity contribution in [3.8, 4) is 22.3 Å². The van der Waals surface area contributed by atoms with E-state index in [9.17, 15) is 71.9 Å². The van der Waals surface area contributed by atoms with Crippen molar-refractivity contribution in [2.75, 3.05) is 49.1 Å². The Hall–Kier alpha value is -8.48. The first-order valence-corrected chi connectivity index (χ1v) is 36.4. The van der Waals surface area contributed by atoms with Crippen LogP contribution in [0.25, 0.3) is 22.3 Å². The summed E-state index contributed by atoms with van der Waals surface area (Å²) in [6, 6.07) is 2.13. The van der Waals surface area contributed by atoms with Crippen molar-refractivity contribution in [2.45, 2.75) is 224 Å². The fraction of sp³-hybridized carbons (Fsp3) is 0.589. The smallest absolute Gasteiger partial charge is 0.416 e. The molecule has 0 bridgehead atoms. The highest BCUT2D eigenvalue weighted by Gasteiger charge is 2.46. The standard InChI is InChI=1S/C35H43F6N7O4.C26H30F6N6.C9H14ClNO4.C3H7NO.ClH/c1-7-26-12-28(13-27(8-2)48(26)32(50)51-29-19-46(20-29)31(49)52-33(3,4)5)47(30-42-14-22(15-43-30)23-16-44-45(6)18-23)17-21-9-24(34(36,37)38)11-25(10-21)35(39,40)41;1-4-21-9-23(10-22(5-2)36-21)38(24-33-11-17(12-34-24)18-13-35-37(3)15-18)14-16-6-19(25(27,28)29)8-20(7-16)26(30,31)32;1-9(2,3)15-8(13)11-4-6(5-11)14-7(10)12;5-3-1-4-2-3;/h9-11,14-16,18,26-29H,7-8,12-13,17,19-20H2,1-6H3;6-8,11-13,15,21-23,36H,4-5,9-10,14H2,1-3H3;6H,4-5H2,1-3H3;3-5H,1-2H2;1H/t26-,27+,28?;21-,22+,23?;;;. The topological polar surface area (TPSA) is 253 Å². The summed E-state index contributed by atoms with van der Waals surface area (Å²) in [6.45, 7) is 20.6. The van der Waals surface area contributed by atoms with E-state index < -0.39 is 94.0 Å². The third kappa shape index (κ3) is 25.8. The molecule has 3 amide bonds. The Morgan fingerprint density at radius 2 is 0.838 bits per heavy atom. The van der Waals surface area contributed by atoms with Crippen LogP contribution >= 0.6 is 24.0 Å². The van der Waals surface area contributed by atoms with Gasteiger partial charge in [0.15, 0.2) is 0 Å². The Bertz CT molecular complexity index is 3940. The summed E-state index contributed by atoms with van der Waals surface area (Å²) >= 11 is 5.02. The number of alkyl halides is 12. The second-order valence-electron chi connectivity index (χ2n) is 29.7. The molecule has 4 aromatic heterocycles. The SMILES string of the molecule is CC(C)(C)OC(=O)N1CC(OC(=O)Cl)C1.CC[C@@H]1CC(N(Cc2cc(C(F)(F)F)cc(C(F)(F)F)c2)c2ncc(-c3cnn(C)c3)cn2)C[C@H](CC)N1.CC[C@@H]1CC(N(Cc2cc(C(F)(F)F)cc(C(F)(F)F)c2)c2ncc(-c3cnn(C)c3)cn2)C[C@H](CC)N1C(=O)OC1CN(C(=O)OC(C)(C)C)C1.Cl.OC1CNC1. The molecule has 0 aliphatic carbocycles. The van der Waals surface area contributed by atoms with Crippen LogP contribution < -0.4 is 20.4 Å². The molecule has 5 aliphatic heterocycles. The molecule has 0 saturated carbocycles. The number of carbonyl (C=O) groups is 4. The van der Waals surface area contributed by atoms with Crippen molar-refractivity contribution in [3.63, 3.8) is 0 Å². The molecule has 6 atom stereocenters. The number of aliphatic hydroxyl groups excluding tert-OH is 1. The van der Waals surface area contributed by atoms with Gasteiger partial charge in [-0.3, -0.25) is 9.36 Å². The number of anilines is 2. The average molecular weight is 1630 g/mol. The lowest BCUT2D eigenvalue weighted by atomic mass is 9.87. The molecule has 11 rings (SSSR count). The van der Waals surface area contributed by atoms with Crippen LogP contribution in [0.3, 0.4) is 0 Å². The summed E-state index contributed by atoms with van der Waals surface area (Å²) in [4.78, 5) is 73.7. The molecule has 3 N–H and O–H groups in total. The molecule has 5 aliphatic rings. The van der Waals surface area contributed by atoms with Gasteiger partial charge in [-0.15, -0.1) is 12.4 Å². The van der Waals surface area contributed by atoms with E-state index in [1.165, 1.54) is 22.2 Å². The van der Waals surface area contributed by atoms with Gasteiger partial charge < -0.3 is 59.2 Å². The number of hydrogen-bond donors (Lipinski definition) is 3. The van der Waals surface area contributed by atoms with Crippen molar-refractivity contribution in [1.29, 1.82) is 0 Å².